The number of fused-ring (bicyclic) bond motifs is 1. The van der Waals surface area contributed by atoms with Crippen LogP contribution in [0.15, 0.2) is 36.4 Å². The fraction of sp³-hybridized carbons (Fsp3) is 0.381. The van der Waals surface area contributed by atoms with E-state index in [2.05, 4.69) is 10.1 Å². The first-order valence-electron chi connectivity index (χ1n) is 9.83. The molecule has 4 rings (SSSR count). The maximum Gasteiger partial charge on any atom is 0.433 e. The summed E-state index contributed by atoms with van der Waals surface area (Å²) >= 11 is 0. The van der Waals surface area contributed by atoms with Gasteiger partial charge in [-0.15, -0.1) is 0 Å². The zero-order chi connectivity index (χ0) is 21.5. The van der Waals surface area contributed by atoms with E-state index in [0.29, 0.717) is 16.6 Å². The van der Waals surface area contributed by atoms with Crippen molar-refractivity contribution in [3.63, 3.8) is 0 Å². The zero-order valence-corrected chi connectivity index (χ0v) is 16.3. The van der Waals surface area contributed by atoms with Gasteiger partial charge in [0.05, 0.1) is 5.69 Å². The van der Waals surface area contributed by atoms with Crippen molar-refractivity contribution in [2.75, 3.05) is 6.54 Å². The third kappa shape index (κ3) is 3.76. The average Bonchev–Trinajstić information content (AvgIpc) is 3.16. The molecule has 1 saturated heterocycles. The minimum absolute atomic E-state index is 0.0260. The lowest BCUT2D eigenvalue weighted by molar-refractivity contribution is -0.142. The number of amides is 1. The number of rotatable bonds is 3. The summed E-state index contributed by atoms with van der Waals surface area (Å²) in [6.45, 7) is 2.55. The third-order valence-corrected chi connectivity index (χ3v) is 5.44. The molecule has 1 aliphatic heterocycles. The van der Waals surface area contributed by atoms with Crippen molar-refractivity contribution in [3.8, 4) is 11.3 Å². The lowest BCUT2D eigenvalue weighted by Gasteiger charge is -2.34. The Kier molecular flexibility index (Phi) is 5.21. The molecule has 0 radical (unpaired) electrons. The van der Waals surface area contributed by atoms with Crippen LogP contribution < -0.4 is 0 Å². The van der Waals surface area contributed by atoms with Crippen LogP contribution in [0.2, 0.25) is 0 Å². The number of likely N-dealkylation sites (tertiary alicyclic amines) is 1. The van der Waals surface area contributed by atoms with Gasteiger partial charge in [0.2, 0.25) is 0 Å². The van der Waals surface area contributed by atoms with Crippen LogP contribution in [-0.2, 0) is 6.18 Å². The Labute approximate surface area is 170 Å². The highest BCUT2D eigenvalue weighted by atomic mass is 19.4. The van der Waals surface area contributed by atoms with Gasteiger partial charge in [0.25, 0.3) is 5.91 Å². The molecule has 1 fully saturated rings. The van der Waals surface area contributed by atoms with Crippen LogP contribution in [0.5, 0.6) is 0 Å². The molecule has 0 spiro atoms. The third-order valence-electron chi connectivity index (χ3n) is 5.44. The molecule has 1 aromatic carbocycles. The van der Waals surface area contributed by atoms with Crippen molar-refractivity contribution < 1.29 is 22.4 Å². The summed E-state index contributed by atoms with van der Waals surface area (Å²) in [7, 11) is 0. The van der Waals surface area contributed by atoms with Crippen LogP contribution in [0.3, 0.4) is 0 Å². The van der Waals surface area contributed by atoms with Gasteiger partial charge in [0.15, 0.2) is 17.0 Å². The molecule has 3 heterocycles. The number of benzene rings is 1. The van der Waals surface area contributed by atoms with E-state index in [1.54, 1.807) is 4.90 Å². The smallest absolute Gasteiger partial charge is 0.334 e. The molecule has 9 heteroatoms. The van der Waals surface area contributed by atoms with Crippen LogP contribution in [0, 0.1) is 5.82 Å². The number of hydrogen-bond acceptors (Lipinski definition) is 3. The number of hydrogen-bond donors (Lipinski definition) is 0. The highest BCUT2D eigenvalue weighted by Crippen LogP contribution is 2.32. The maximum absolute atomic E-state index is 13.7. The van der Waals surface area contributed by atoms with Gasteiger partial charge in [0, 0.05) is 24.2 Å². The number of piperidine rings is 1. The van der Waals surface area contributed by atoms with Crippen LogP contribution in [0.25, 0.3) is 16.9 Å². The second-order valence-corrected chi connectivity index (χ2v) is 7.39. The van der Waals surface area contributed by atoms with Crippen LogP contribution in [-0.4, -0.2) is 38.0 Å². The van der Waals surface area contributed by atoms with Crippen LogP contribution in [0.4, 0.5) is 17.6 Å². The van der Waals surface area contributed by atoms with Gasteiger partial charge in [-0.05, 0) is 56.0 Å². The predicted octanol–water partition coefficient (Wildman–Crippen LogP) is 4.96. The van der Waals surface area contributed by atoms with Crippen LogP contribution in [0.1, 0.15) is 48.8 Å². The van der Waals surface area contributed by atoms with E-state index >= 15 is 0 Å². The largest absolute Gasteiger partial charge is 0.433 e. The molecule has 5 nitrogen and oxygen atoms in total. The van der Waals surface area contributed by atoms with Crippen molar-refractivity contribution in [1.29, 1.82) is 0 Å². The van der Waals surface area contributed by atoms with Crippen molar-refractivity contribution in [3.05, 3.63) is 53.6 Å². The van der Waals surface area contributed by atoms with E-state index in [1.165, 1.54) is 18.2 Å². The normalized spacial score (nSPS) is 17.5. The van der Waals surface area contributed by atoms with E-state index in [-0.39, 0.29) is 29.0 Å². The number of alkyl halides is 3. The SMILES string of the molecule is CC[C@H]1CCCCN1C(=O)c1cc2nc(-c3ccc(F)cc3)cc(C(F)(F)F)n2n1. The molecule has 30 heavy (non-hydrogen) atoms. The Morgan fingerprint density at radius 2 is 1.90 bits per heavy atom. The summed E-state index contributed by atoms with van der Waals surface area (Å²) in [6, 6.07) is 7.22. The average molecular weight is 420 g/mol. The standard InChI is InChI=1S/C21H20F4N4O/c1-2-15-5-3-4-10-28(15)20(30)17-12-19-26-16(13-6-8-14(22)9-7-13)11-18(21(23,24)25)29(19)27-17/h6-9,11-12,15H,2-5,10H2,1H3/t15-/m0/s1. The summed E-state index contributed by atoms with van der Waals surface area (Å²) in [5, 5.41) is 3.95. The van der Waals surface area contributed by atoms with E-state index in [0.717, 1.165) is 43.9 Å². The second-order valence-electron chi connectivity index (χ2n) is 7.39. The van der Waals surface area contributed by atoms with Gasteiger partial charge in [-0.3, -0.25) is 4.79 Å². The molecule has 3 aromatic rings. The van der Waals surface area contributed by atoms with Crippen LogP contribution >= 0.6 is 0 Å². The molecule has 0 N–H and O–H groups in total. The molecule has 1 aliphatic rings. The first kappa shape index (κ1) is 20.3. The Balaban J connectivity index is 1.81. The molecule has 158 valence electrons. The zero-order valence-electron chi connectivity index (χ0n) is 16.3. The molecule has 0 aliphatic carbocycles. The number of halogens is 4. The van der Waals surface area contributed by atoms with Crippen molar-refractivity contribution in [2.24, 2.45) is 0 Å². The summed E-state index contributed by atoms with van der Waals surface area (Å²) in [5.41, 5.74) is -0.836. The first-order valence-corrected chi connectivity index (χ1v) is 9.83. The van der Waals surface area contributed by atoms with Gasteiger partial charge in [-0.1, -0.05) is 6.92 Å². The van der Waals surface area contributed by atoms with Crippen molar-refractivity contribution in [1.82, 2.24) is 19.5 Å². The highest BCUT2D eigenvalue weighted by molar-refractivity contribution is 5.93. The van der Waals surface area contributed by atoms with Gasteiger partial charge in [-0.25, -0.2) is 13.9 Å². The Morgan fingerprint density at radius 1 is 1.17 bits per heavy atom. The Morgan fingerprint density at radius 3 is 2.57 bits per heavy atom. The molecule has 0 unspecified atom stereocenters. The summed E-state index contributed by atoms with van der Waals surface area (Å²) < 4.78 is 55.0. The number of carbonyl (C=O) groups is 1. The molecule has 0 bridgehead atoms. The van der Waals surface area contributed by atoms with Gasteiger partial charge < -0.3 is 4.90 Å². The topological polar surface area (TPSA) is 50.5 Å². The Hall–Kier alpha value is -2.97. The van der Waals surface area contributed by atoms with Gasteiger partial charge >= 0.3 is 6.18 Å². The fourth-order valence-electron chi connectivity index (χ4n) is 3.89. The monoisotopic (exact) mass is 420 g/mol. The summed E-state index contributed by atoms with van der Waals surface area (Å²) in [4.78, 5) is 18.9. The molecular formula is C21H20F4N4O. The van der Waals surface area contributed by atoms with Crippen molar-refractivity contribution in [2.45, 2.75) is 44.8 Å². The maximum atomic E-state index is 13.7. The number of carbonyl (C=O) groups excluding carboxylic acids is 1. The fourth-order valence-corrected chi connectivity index (χ4v) is 3.89. The molecule has 1 amide bonds. The van der Waals surface area contributed by atoms with Gasteiger partial charge in [-0.2, -0.15) is 18.3 Å². The minimum Gasteiger partial charge on any atom is -0.334 e. The molecular weight excluding hydrogens is 400 g/mol. The minimum atomic E-state index is -4.71. The molecule has 0 saturated carbocycles. The predicted molar refractivity (Wildman–Crippen MR) is 102 cm³/mol. The second kappa shape index (κ2) is 7.70. The highest BCUT2D eigenvalue weighted by Gasteiger charge is 2.36. The van der Waals surface area contributed by atoms with E-state index < -0.39 is 17.7 Å². The first-order chi connectivity index (χ1) is 14.3. The number of aromatic nitrogens is 3. The summed E-state index contributed by atoms with van der Waals surface area (Å²) in [6.07, 6.45) is -1.18. The quantitative estimate of drug-likeness (QED) is 0.563. The molecule has 1 atom stereocenters. The number of nitrogens with zero attached hydrogens (tertiary/aromatic N) is 4. The van der Waals surface area contributed by atoms with Crippen molar-refractivity contribution >= 4 is 11.6 Å². The van der Waals surface area contributed by atoms with Gasteiger partial charge in [0.1, 0.15) is 5.82 Å². The lowest BCUT2D eigenvalue weighted by atomic mass is 9.99. The molecule has 2 aromatic heterocycles. The Bertz CT molecular complexity index is 1080. The van der Waals surface area contributed by atoms with E-state index in [4.69, 9.17) is 0 Å². The summed E-state index contributed by atoms with van der Waals surface area (Å²) in [5.74, 6) is -0.886. The van der Waals surface area contributed by atoms with E-state index in [1.807, 2.05) is 6.92 Å². The lowest BCUT2D eigenvalue weighted by Crippen LogP contribution is -2.43. The van der Waals surface area contributed by atoms with E-state index in [9.17, 15) is 22.4 Å².